The van der Waals surface area contributed by atoms with E-state index in [9.17, 15) is 4.79 Å². The Morgan fingerprint density at radius 1 is 1.00 bits per heavy atom. The summed E-state index contributed by atoms with van der Waals surface area (Å²) in [6.45, 7) is 0. The number of ether oxygens (including phenoxy) is 1. The number of carbonyl (C=O) groups is 1. The van der Waals surface area contributed by atoms with E-state index in [1.54, 1.807) is 12.0 Å². The molecule has 0 N–H and O–H groups in total. The number of hydrogen-bond donors (Lipinski definition) is 0. The molecule has 3 nitrogen and oxygen atoms in total. The minimum Gasteiger partial charge on any atom is -0.497 e. The van der Waals surface area contributed by atoms with Crippen LogP contribution in [-0.2, 0) is 4.79 Å². The number of nitrogens with zero attached hydrogens (tertiary/aromatic N) is 1. The van der Waals surface area contributed by atoms with Gasteiger partial charge in [0.2, 0.25) is 0 Å². The van der Waals surface area contributed by atoms with E-state index < -0.39 is 0 Å². The van der Waals surface area contributed by atoms with Crippen LogP contribution in [0.25, 0.3) is 16.8 Å². The highest BCUT2D eigenvalue weighted by Crippen LogP contribution is 2.38. The van der Waals surface area contributed by atoms with Crippen molar-refractivity contribution in [1.29, 1.82) is 0 Å². The second-order valence-electron chi connectivity index (χ2n) is 5.79. The molecule has 0 aliphatic carbocycles. The molecule has 0 atom stereocenters. The minimum atomic E-state index is -0.0906. The fourth-order valence-corrected chi connectivity index (χ4v) is 4.22. The van der Waals surface area contributed by atoms with Crippen molar-refractivity contribution in [1.82, 2.24) is 0 Å². The summed E-state index contributed by atoms with van der Waals surface area (Å²) >= 11 is 6.83. The van der Waals surface area contributed by atoms with Crippen LogP contribution in [-0.4, -0.2) is 17.3 Å². The van der Waals surface area contributed by atoms with Crippen molar-refractivity contribution in [3.63, 3.8) is 0 Å². The smallest absolute Gasteiger partial charge is 0.270 e. The maximum Gasteiger partial charge on any atom is 0.270 e. The lowest BCUT2D eigenvalue weighted by Gasteiger charge is -2.17. The number of thiocarbonyl (C=S) groups is 1. The molecule has 1 fully saturated rings. The first-order chi connectivity index (χ1) is 12.7. The van der Waals surface area contributed by atoms with Gasteiger partial charge >= 0.3 is 0 Å². The van der Waals surface area contributed by atoms with Gasteiger partial charge in [-0.15, -0.1) is 0 Å². The first kappa shape index (κ1) is 16.8. The second kappa shape index (κ2) is 6.94. The molecule has 26 heavy (non-hydrogen) atoms. The summed E-state index contributed by atoms with van der Waals surface area (Å²) in [7, 11) is 1.63. The van der Waals surface area contributed by atoms with Gasteiger partial charge in [-0.25, -0.2) is 0 Å². The Balaban J connectivity index is 1.72. The standard InChI is InChI=1S/C21H15NO2S2/c1-24-16-11-9-14(10-12-16)13-19-20(23)22(21(25)26-19)18-8-4-6-15-5-2-3-7-17(15)18/h2-13H,1H3/b19-13+. The van der Waals surface area contributed by atoms with E-state index in [1.807, 2.05) is 72.8 Å². The van der Waals surface area contributed by atoms with Gasteiger partial charge in [-0.05, 0) is 35.2 Å². The van der Waals surface area contributed by atoms with Gasteiger partial charge in [0.25, 0.3) is 5.91 Å². The predicted octanol–water partition coefficient (Wildman–Crippen LogP) is 5.25. The molecule has 0 unspecified atom stereocenters. The monoisotopic (exact) mass is 377 g/mol. The van der Waals surface area contributed by atoms with Gasteiger partial charge in [0.05, 0.1) is 17.7 Å². The molecular formula is C21H15NO2S2. The molecule has 3 aromatic rings. The quantitative estimate of drug-likeness (QED) is 0.460. The molecule has 1 heterocycles. The van der Waals surface area contributed by atoms with E-state index in [0.29, 0.717) is 9.23 Å². The van der Waals surface area contributed by atoms with Crippen LogP contribution in [0.15, 0.2) is 71.6 Å². The van der Waals surface area contributed by atoms with Gasteiger partial charge in [0, 0.05) is 5.39 Å². The van der Waals surface area contributed by atoms with Gasteiger partial charge in [0.15, 0.2) is 4.32 Å². The number of thioether (sulfide) groups is 1. The normalized spacial score (nSPS) is 15.9. The van der Waals surface area contributed by atoms with Gasteiger partial charge in [0.1, 0.15) is 5.75 Å². The van der Waals surface area contributed by atoms with Crippen LogP contribution in [0.2, 0.25) is 0 Å². The van der Waals surface area contributed by atoms with E-state index >= 15 is 0 Å². The molecule has 3 aromatic carbocycles. The van der Waals surface area contributed by atoms with E-state index in [4.69, 9.17) is 17.0 Å². The Morgan fingerprint density at radius 2 is 1.73 bits per heavy atom. The number of rotatable bonds is 3. The summed E-state index contributed by atoms with van der Waals surface area (Å²) in [5.41, 5.74) is 1.76. The molecule has 1 amide bonds. The summed E-state index contributed by atoms with van der Waals surface area (Å²) in [5, 5.41) is 2.09. The number of carbonyl (C=O) groups excluding carboxylic acids is 1. The number of anilines is 1. The topological polar surface area (TPSA) is 29.5 Å². The van der Waals surface area contributed by atoms with Gasteiger partial charge in [-0.2, -0.15) is 0 Å². The lowest BCUT2D eigenvalue weighted by atomic mass is 10.1. The number of amides is 1. The second-order valence-corrected chi connectivity index (χ2v) is 7.46. The lowest BCUT2D eigenvalue weighted by molar-refractivity contribution is -0.113. The van der Waals surface area contributed by atoms with Crippen molar-refractivity contribution in [3.8, 4) is 5.75 Å². The molecule has 0 radical (unpaired) electrons. The summed E-state index contributed by atoms with van der Waals surface area (Å²) in [6.07, 6.45) is 1.86. The van der Waals surface area contributed by atoms with Gasteiger partial charge in [-0.1, -0.05) is 72.5 Å². The Morgan fingerprint density at radius 3 is 2.50 bits per heavy atom. The Hall–Kier alpha value is -2.63. The summed E-state index contributed by atoms with van der Waals surface area (Å²) in [4.78, 5) is 15.3. The van der Waals surface area contributed by atoms with Crippen molar-refractivity contribution < 1.29 is 9.53 Å². The summed E-state index contributed by atoms with van der Waals surface area (Å²) in [5.74, 6) is 0.692. The maximum atomic E-state index is 13.0. The molecule has 1 aliphatic heterocycles. The number of fused-ring (bicyclic) bond motifs is 1. The van der Waals surface area contributed by atoms with Crippen LogP contribution in [0.1, 0.15) is 5.56 Å². The molecular weight excluding hydrogens is 362 g/mol. The summed E-state index contributed by atoms with van der Waals surface area (Å²) in [6, 6.07) is 21.5. The first-order valence-electron chi connectivity index (χ1n) is 8.07. The van der Waals surface area contributed by atoms with Gasteiger partial charge < -0.3 is 4.74 Å². The minimum absolute atomic E-state index is 0.0906. The highest BCUT2D eigenvalue weighted by Gasteiger charge is 2.34. The Bertz CT molecular complexity index is 1040. The molecule has 0 bridgehead atoms. The third kappa shape index (κ3) is 3.00. The number of hydrogen-bond acceptors (Lipinski definition) is 4. The molecule has 0 saturated carbocycles. The van der Waals surface area contributed by atoms with Crippen LogP contribution >= 0.6 is 24.0 Å². The lowest BCUT2D eigenvalue weighted by Crippen LogP contribution is -2.27. The Labute approximate surface area is 161 Å². The highest BCUT2D eigenvalue weighted by atomic mass is 32.2. The van der Waals surface area contributed by atoms with Crippen LogP contribution in [0.4, 0.5) is 5.69 Å². The highest BCUT2D eigenvalue weighted by molar-refractivity contribution is 8.27. The predicted molar refractivity (Wildman–Crippen MR) is 113 cm³/mol. The molecule has 0 aromatic heterocycles. The first-order valence-corrected chi connectivity index (χ1v) is 9.29. The van der Waals surface area contributed by atoms with Crippen molar-refractivity contribution in [2.45, 2.75) is 0 Å². The van der Waals surface area contributed by atoms with E-state index in [-0.39, 0.29) is 5.91 Å². The summed E-state index contributed by atoms with van der Waals surface area (Å²) < 4.78 is 5.72. The van der Waals surface area contributed by atoms with E-state index in [2.05, 4.69) is 0 Å². The van der Waals surface area contributed by atoms with E-state index in [0.717, 1.165) is 27.8 Å². The SMILES string of the molecule is COc1ccc(/C=C2/SC(=S)N(c3cccc4ccccc34)C2=O)cc1. The van der Waals surface area contributed by atoms with Crippen molar-refractivity contribution >= 4 is 56.7 Å². The van der Waals surface area contributed by atoms with Crippen molar-refractivity contribution in [3.05, 3.63) is 77.2 Å². The molecule has 4 rings (SSSR count). The zero-order chi connectivity index (χ0) is 18.1. The average molecular weight is 377 g/mol. The largest absolute Gasteiger partial charge is 0.497 e. The van der Waals surface area contributed by atoms with Crippen molar-refractivity contribution in [2.24, 2.45) is 0 Å². The third-order valence-corrected chi connectivity index (χ3v) is 5.52. The Kier molecular flexibility index (Phi) is 4.49. The fraction of sp³-hybridized carbons (Fsp3) is 0.0476. The number of benzene rings is 3. The zero-order valence-corrected chi connectivity index (χ0v) is 15.6. The van der Waals surface area contributed by atoms with Gasteiger partial charge in [-0.3, -0.25) is 9.69 Å². The fourth-order valence-electron chi connectivity index (χ4n) is 2.93. The average Bonchev–Trinajstić information content (AvgIpc) is 2.95. The van der Waals surface area contributed by atoms with Crippen LogP contribution in [0.3, 0.4) is 0 Å². The molecule has 0 spiro atoms. The van der Waals surface area contributed by atoms with Crippen molar-refractivity contribution in [2.75, 3.05) is 12.0 Å². The van der Waals surface area contributed by atoms with Crippen LogP contribution in [0, 0.1) is 0 Å². The molecule has 5 heteroatoms. The maximum absolute atomic E-state index is 13.0. The molecule has 1 saturated heterocycles. The zero-order valence-electron chi connectivity index (χ0n) is 14.0. The molecule has 128 valence electrons. The van der Waals surface area contributed by atoms with Crippen LogP contribution < -0.4 is 9.64 Å². The number of methoxy groups -OCH3 is 1. The molecule has 1 aliphatic rings. The van der Waals surface area contributed by atoms with Crippen LogP contribution in [0.5, 0.6) is 5.75 Å². The van der Waals surface area contributed by atoms with E-state index in [1.165, 1.54) is 11.8 Å². The third-order valence-electron chi connectivity index (χ3n) is 4.21.